The number of nitrogens with zero attached hydrogens (tertiary/aromatic N) is 2. The summed E-state index contributed by atoms with van der Waals surface area (Å²) in [5, 5.41) is 3.29. The van der Waals surface area contributed by atoms with Gasteiger partial charge in [0, 0.05) is 24.4 Å². The van der Waals surface area contributed by atoms with Crippen molar-refractivity contribution in [3.8, 4) is 0 Å². The highest BCUT2D eigenvalue weighted by Gasteiger charge is 2.21. The minimum Gasteiger partial charge on any atom is -0.381 e. The first-order chi connectivity index (χ1) is 7.86. The summed E-state index contributed by atoms with van der Waals surface area (Å²) in [6, 6.07) is 0. The molecular formula is C13H24N4. The number of nitrogens with one attached hydrogen (secondary N) is 1. The second-order valence-electron chi connectivity index (χ2n) is 5.61. The molecule has 0 bridgehead atoms. The van der Waals surface area contributed by atoms with Crippen LogP contribution in [0, 0.1) is 0 Å². The smallest absolute Gasteiger partial charge is 0.131 e. The lowest BCUT2D eigenvalue weighted by molar-refractivity contribution is 0.560. The molecule has 1 aromatic heterocycles. The molecule has 17 heavy (non-hydrogen) atoms. The van der Waals surface area contributed by atoms with Crippen LogP contribution >= 0.6 is 0 Å². The monoisotopic (exact) mass is 236 g/mol. The third-order valence-corrected chi connectivity index (χ3v) is 2.49. The Labute approximate surface area is 104 Å². The summed E-state index contributed by atoms with van der Waals surface area (Å²) in [6.07, 6.45) is 1.87. The molecule has 0 amide bonds. The summed E-state index contributed by atoms with van der Waals surface area (Å²) in [4.78, 5) is 9.07. The van der Waals surface area contributed by atoms with Gasteiger partial charge in [0.25, 0.3) is 0 Å². The van der Waals surface area contributed by atoms with Crippen molar-refractivity contribution in [2.45, 2.75) is 46.0 Å². The van der Waals surface area contributed by atoms with Crippen LogP contribution < -0.4 is 11.1 Å². The van der Waals surface area contributed by atoms with Crippen LogP contribution in [0.2, 0.25) is 0 Å². The predicted molar refractivity (Wildman–Crippen MR) is 72.4 cm³/mol. The predicted octanol–water partition coefficient (Wildman–Crippen LogP) is 2.27. The standard InChI is InChI=1S/C13H24N4/c1-9(2)12-16-8-10(15-7-6-14)11(17-12)13(3,4)5/h8-9,15H,6-7,14H2,1-5H3. The van der Waals surface area contributed by atoms with Crippen LogP contribution in [0.3, 0.4) is 0 Å². The maximum Gasteiger partial charge on any atom is 0.131 e. The number of nitrogens with two attached hydrogens (primary N) is 1. The van der Waals surface area contributed by atoms with Gasteiger partial charge in [0.05, 0.1) is 17.6 Å². The van der Waals surface area contributed by atoms with Gasteiger partial charge in [-0.05, 0) is 0 Å². The van der Waals surface area contributed by atoms with E-state index in [0.717, 1.165) is 23.8 Å². The van der Waals surface area contributed by atoms with Crippen molar-refractivity contribution in [1.29, 1.82) is 0 Å². The molecule has 0 atom stereocenters. The Hall–Kier alpha value is -1.16. The Morgan fingerprint density at radius 2 is 2.00 bits per heavy atom. The quantitative estimate of drug-likeness (QED) is 0.841. The van der Waals surface area contributed by atoms with Gasteiger partial charge < -0.3 is 11.1 Å². The van der Waals surface area contributed by atoms with Crippen molar-refractivity contribution in [2.24, 2.45) is 5.73 Å². The average Bonchev–Trinajstić information content (AvgIpc) is 2.24. The highest BCUT2D eigenvalue weighted by atomic mass is 15.0. The lowest BCUT2D eigenvalue weighted by atomic mass is 9.90. The Bertz CT molecular complexity index is 366. The number of hydrogen-bond donors (Lipinski definition) is 2. The van der Waals surface area contributed by atoms with Gasteiger partial charge in [-0.15, -0.1) is 0 Å². The fraction of sp³-hybridized carbons (Fsp3) is 0.692. The molecular weight excluding hydrogens is 212 g/mol. The molecule has 1 aromatic rings. The molecule has 0 aliphatic rings. The van der Waals surface area contributed by atoms with E-state index in [-0.39, 0.29) is 5.41 Å². The first kappa shape index (κ1) is 13.9. The molecule has 0 aliphatic carbocycles. The highest BCUT2D eigenvalue weighted by molar-refractivity contribution is 5.49. The average molecular weight is 236 g/mol. The molecule has 0 unspecified atom stereocenters. The van der Waals surface area contributed by atoms with Crippen molar-refractivity contribution >= 4 is 5.69 Å². The van der Waals surface area contributed by atoms with E-state index in [0.29, 0.717) is 12.5 Å². The number of hydrogen-bond acceptors (Lipinski definition) is 4. The zero-order valence-corrected chi connectivity index (χ0v) is 11.5. The van der Waals surface area contributed by atoms with Crippen molar-refractivity contribution in [2.75, 3.05) is 18.4 Å². The van der Waals surface area contributed by atoms with E-state index in [1.165, 1.54) is 0 Å². The summed E-state index contributed by atoms with van der Waals surface area (Å²) in [5.41, 5.74) is 7.57. The molecule has 0 spiro atoms. The Morgan fingerprint density at radius 1 is 1.35 bits per heavy atom. The molecule has 3 N–H and O–H groups in total. The number of anilines is 1. The minimum atomic E-state index is 0.00348. The van der Waals surface area contributed by atoms with Crippen LogP contribution in [-0.4, -0.2) is 23.1 Å². The fourth-order valence-corrected chi connectivity index (χ4v) is 1.58. The SMILES string of the molecule is CC(C)c1ncc(NCCN)c(C(C)(C)C)n1. The molecule has 4 heteroatoms. The van der Waals surface area contributed by atoms with E-state index < -0.39 is 0 Å². The topological polar surface area (TPSA) is 63.8 Å². The molecule has 0 saturated carbocycles. The van der Waals surface area contributed by atoms with Crippen LogP contribution in [-0.2, 0) is 5.41 Å². The van der Waals surface area contributed by atoms with Crippen molar-refractivity contribution in [3.05, 3.63) is 17.7 Å². The minimum absolute atomic E-state index is 0.00348. The van der Waals surface area contributed by atoms with Gasteiger partial charge in [0.15, 0.2) is 0 Å². The summed E-state index contributed by atoms with van der Waals surface area (Å²) >= 11 is 0. The summed E-state index contributed by atoms with van der Waals surface area (Å²) in [5.74, 6) is 1.24. The molecule has 4 nitrogen and oxygen atoms in total. The Morgan fingerprint density at radius 3 is 2.47 bits per heavy atom. The fourth-order valence-electron chi connectivity index (χ4n) is 1.58. The van der Waals surface area contributed by atoms with E-state index in [9.17, 15) is 0 Å². The van der Waals surface area contributed by atoms with Gasteiger partial charge in [0.2, 0.25) is 0 Å². The third kappa shape index (κ3) is 3.66. The lowest BCUT2D eigenvalue weighted by Gasteiger charge is -2.23. The maximum atomic E-state index is 5.51. The van der Waals surface area contributed by atoms with Gasteiger partial charge in [0.1, 0.15) is 5.82 Å². The first-order valence-electron chi connectivity index (χ1n) is 6.17. The third-order valence-electron chi connectivity index (χ3n) is 2.49. The molecule has 0 radical (unpaired) electrons. The van der Waals surface area contributed by atoms with E-state index in [1.807, 2.05) is 6.20 Å². The molecule has 0 fully saturated rings. The number of rotatable bonds is 4. The van der Waals surface area contributed by atoms with Crippen molar-refractivity contribution in [3.63, 3.8) is 0 Å². The first-order valence-corrected chi connectivity index (χ1v) is 6.17. The molecule has 0 saturated heterocycles. The number of aromatic nitrogens is 2. The van der Waals surface area contributed by atoms with Crippen LogP contribution in [0.25, 0.3) is 0 Å². The summed E-state index contributed by atoms with van der Waals surface area (Å²) in [7, 11) is 0. The normalized spacial score (nSPS) is 11.9. The largest absolute Gasteiger partial charge is 0.381 e. The Balaban J connectivity index is 3.13. The van der Waals surface area contributed by atoms with Crippen LogP contribution in [0.15, 0.2) is 6.20 Å². The summed E-state index contributed by atoms with van der Waals surface area (Å²) < 4.78 is 0. The van der Waals surface area contributed by atoms with Crippen LogP contribution in [0.5, 0.6) is 0 Å². The van der Waals surface area contributed by atoms with Crippen LogP contribution in [0.4, 0.5) is 5.69 Å². The lowest BCUT2D eigenvalue weighted by Crippen LogP contribution is -2.21. The molecule has 1 heterocycles. The zero-order chi connectivity index (χ0) is 13.1. The summed E-state index contributed by atoms with van der Waals surface area (Å²) in [6.45, 7) is 12.0. The van der Waals surface area contributed by atoms with Gasteiger partial charge in [-0.1, -0.05) is 34.6 Å². The second-order valence-corrected chi connectivity index (χ2v) is 5.61. The zero-order valence-electron chi connectivity index (χ0n) is 11.5. The van der Waals surface area contributed by atoms with E-state index in [2.05, 4.69) is 49.9 Å². The van der Waals surface area contributed by atoms with E-state index in [1.54, 1.807) is 0 Å². The van der Waals surface area contributed by atoms with Gasteiger partial charge in [-0.2, -0.15) is 0 Å². The molecule has 0 aliphatic heterocycles. The van der Waals surface area contributed by atoms with E-state index in [4.69, 9.17) is 5.73 Å². The van der Waals surface area contributed by atoms with Gasteiger partial charge in [-0.3, -0.25) is 0 Å². The van der Waals surface area contributed by atoms with Gasteiger partial charge >= 0.3 is 0 Å². The molecule has 1 rings (SSSR count). The van der Waals surface area contributed by atoms with Crippen molar-refractivity contribution in [1.82, 2.24) is 9.97 Å². The van der Waals surface area contributed by atoms with Gasteiger partial charge in [-0.25, -0.2) is 9.97 Å². The maximum absolute atomic E-state index is 5.51. The molecule has 0 aromatic carbocycles. The highest BCUT2D eigenvalue weighted by Crippen LogP contribution is 2.28. The Kier molecular flexibility index (Phi) is 4.46. The van der Waals surface area contributed by atoms with Crippen LogP contribution in [0.1, 0.15) is 52.1 Å². The second kappa shape index (κ2) is 5.45. The van der Waals surface area contributed by atoms with E-state index >= 15 is 0 Å². The van der Waals surface area contributed by atoms with Crippen molar-refractivity contribution < 1.29 is 0 Å². The molecule has 96 valence electrons.